The first-order valence-corrected chi connectivity index (χ1v) is 6.47. The van der Waals surface area contributed by atoms with Crippen molar-refractivity contribution in [2.45, 2.75) is 38.6 Å². The van der Waals surface area contributed by atoms with Crippen LogP contribution in [0.5, 0.6) is 0 Å². The van der Waals surface area contributed by atoms with Crippen molar-refractivity contribution in [2.24, 2.45) is 5.92 Å². The summed E-state index contributed by atoms with van der Waals surface area (Å²) in [6, 6.07) is -1.35. The van der Waals surface area contributed by atoms with Gasteiger partial charge in [0.1, 0.15) is 6.04 Å². The maximum absolute atomic E-state index is 11.9. The summed E-state index contributed by atoms with van der Waals surface area (Å²) in [6.07, 6.45) is 3.22. The molecule has 2 atom stereocenters. The van der Waals surface area contributed by atoms with Crippen molar-refractivity contribution in [1.29, 1.82) is 0 Å². The van der Waals surface area contributed by atoms with Gasteiger partial charge in [-0.1, -0.05) is 13.3 Å². The first kappa shape index (κ1) is 14.8. The lowest BCUT2D eigenvalue weighted by molar-refractivity contribution is -0.139. The summed E-state index contributed by atoms with van der Waals surface area (Å²) in [6.45, 7) is 3.24. The Morgan fingerprint density at radius 3 is 2.78 bits per heavy atom. The zero-order chi connectivity index (χ0) is 13.5. The fourth-order valence-corrected chi connectivity index (χ4v) is 2.29. The van der Waals surface area contributed by atoms with Gasteiger partial charge in [-0.2, -0.15) is 0 Å². The molecule has 0 aromatic heterocycles. The van der Waals surface area contributed by atoms with Crippen molar-refractivity contribution in [3.8, 4) is 0 Å². The molecule has 3 N–H and O–H groups in total. The third kappa shape index (κ3) is 4.18. The summed E-state index contributed by atoms with van der Waals surface area (Å²) in [5.74, 6) is -0.580. The number of amides is 2. The lowest BCUT2D eigenvalue weighted by atomic mass is 10.0. The second-order valence-corrected chi connectivity index (χ2v) is 4.74. The standard InChI is InChI=1S/C12H22N2O4/c1-2-3-9-4-6-14(8-9)12(18)13-10(5-7-15)11(16)17/h9-10,15H,2-8H2,1H3,(H,13,18)(H,16,17). The summed E-state index contributed by atoms with van der Waals surface area (Å²) in [5, 5.41) is 20.1. The summed E-state index contributed by atoms with van der Waals surface area (Å²) >= 11 is 0. The summed E-state index contributed by atoms with van der Waals surface area (Å²) in [4.78, 5) is 24.4. The van der Waals surface area contributed by atoms with Crippen LogP contribution in [0.1, 0.15) is 32.6 Å². The molecule has 0 spiro atoms. The molecule has 6 nitrogen and oxygen atoms in total. The molecule has 6 heteroatoms. The SMILES string of the molecule is CCCC1CCN(C(=O)NC(CCO)C(=O)O)C1. The lowest BCUT2D eigenvalue weighted by Gasteiger charge is -2.20. The monoisotopic (exact) mass is 258 g/mol. The number of carboxylic acids is 1. The average molecular weight is 258 g/mol. The third-order valence-electron chi connectivity index (χ3n) is 3.28. The van der Waals surface area contributed by atoms with Gasteiger partial charge in [0.25, 0.3) is 0 Å². The van der Waals surface area contributed by atoms with E-state index in [2.05, 4.69) is 12.2 Å². The van der Waals surface area contributed by atoms with E-state index in [-0.39, 0.29) is 19.1 Å². The van der Waals surface area contributed by atoms with Crippen molar-refractivity contribution in [1.82, 2.24) is 10.2 Å². The van der Waals surface area contributed by atoms with E-state index in [1.54, 1.807) is 4.90 Å². The molecule has 1 rings (SSSR count). The number of carbonyl (C=O) groups excluding carboxylic acids is 1. The smallest absolute Gasteiger partial charge is 0.326 e. The fraction of sp³-hybridized carbons (Fsp3) is 0.833. The first-order chi connectivity index (χ1) is 8.58. The van der Waals surface area contributed by atoms with Crippen molar-refractivity contribution in [3.63, 3.8) is 0 Å². The molecule has 1 saturated heterocycles. The molecular formula is C12H22N2O4. The number of hydrogen-bond acceptors (Lipinski definition) is 3. The van der Waals surface area contributed by atoms with E-state index in [0.717, 1.165) is 19.3 Å². The number of aliphatic hydroxyl groups excluding tert-OH is 1. The molecule has 2 amide bonds. The minimum atomic E-state index is -1.11. The van der Waals surface area contributed by atoms with Gasteiger partial charge in [-0.05, 0) is 18.8 Å². The first-order valence-electron chi connectivity index (χ1n) is 6.47. The predicted molar refractivity (Wildman–Crippen MR) is 66.2 cm³/mol. The molecule has 104 valence electrons. The molecule has 2 unspecified atom stereocenters. The molecule has 0 radical (unpaired) electrons. The largest absolute Gasteiger partial charge is 0.480 e. The Balaban J connectivity index is 2.42. The van der Waals surface area contributed by atoms with Gasteiger partial charge in [0.05, 0.1) is 0 Å². The molecule has 0 aromatic carbocycles. The highest BCUT2D eigenvalue weighted by atomic mass is 16.4. The number of aliphatic hydroxyl groups is 1. The Kier molecular flexibility index (Phi) is 5.91. The number of carbonyl (C=O) groups is 2. The number of hydrogen-bond donors (Lipinski definition) is 3. The second-order valence-electron chi connectivity index (χ2n) is 4.74. The Morgan fingerprint density at radius 1 is 1.50 bits per heavy atom. The summed E-state index contributed by atoms with van der Waals surface area (Å²) < 4.78 is 0. The van der Waals surface area contributed by atoms with Crippen LogP contribution in [0.4, 0.5) is 4.79 Å². The van der Waals surface area contributed by atoms with E-state index in [0.29, 0.717) is 19.0 Å². The van der Waals surface area contributed by atoms with Crippen LogP contribution in [-0.4, -0.2) is 52.9 Å². The van der Waals surface area contributed by atoms with Crippen LogP contribution in [0, 0.1) is 5.92 Å². The van der Waals surface area contributed by atoms with Gasteiger partial charge in [0.2, 0.25) is 0 Å². The molecule has 1 aliphatic heterocycles. The molecule has 1 aliphatic rings. The number of carboxylic acid groups (broad SMARTS) is 1. The molecule has 1 heterocycles. The Hall–Kier alpha value is -1.30. The summed E-state index contributed by atoms with van der Waals surface area (Å²) in [7, 11) is 0. The highest BCUT2D eigenvalue weighted by molar-refractivity contribution is 5.82. The van der Waals surface area contributed by atoms with E-state index in [1.807, 2.05) is 0 Å². The number of nitrogens with one attached hydrogen (secondary N) is 1. The minimum Gasteiger partial charge on any atom is -0.480 e. The molecule has 0 aliphatic carbocycles. The number of urea groups is 1. The van der Waals surface area contributed by atoms with Crippen LogP contribution in [-0.2, 0) is 4.79 Å². The topological polar surface area (TPSA) is 89.9 Å². The third-order valence-corrected chi connectivity index (χ3v) is 3.28. The van der Waals surface area contributed by atoms with Gasteiger partial charge >= 0.3 is 12.0 Å². The Bertz CT molecular complexity index is 296. The van der Waals surface area contributed by atoms with Crippen LogP contribution < -0.4 is 5.32 Å². The van der Waals surface area contributed by atoms with E-state index in [9.17, 15) is 9.59 Å². The molecular weight excluding hydrogens is 236 g/mol. The van der Waals surface area contributed by atoms with Crippen LogP contribution in [0.25, 0.3) is 0 Å². The average Bonchev–Trinajstić information content (AvgIpc) is 2.77. The van der Waals surface area contributed by atoms with Gasteiger partial charge in [-0.15, -0.1) is 0 Å². The van der Waals surface area contributed by atoms with Crippen LogP contribution in [0.2, 0.25) is 0 Å². The normalized spacial score (nSPS) is 20.8. The molecule has 0 saturated carbocycles. The zero-order valence-corrected chi connectivity index (χ0v) is 10.8. The van der Waals surface area contributed by atoms with Crippen LogP contribution in [0.15, 0.2) is 0 Å². The predicted octanol–water partition coefficient (Wildman–Crippen LogP) is 0.654. The van der Waals surface area contributed by atoms with Crippen molar-refractivity contribution in [3.05, 3.63) is 0 Å². The van der Waals surface area contributed by atoms with Crippen LogP contribution in [0.3, 0.4) is 0 Å². The molecule has 18 heavy (non-hydrogen) atoms. The van der Waals surface area contributed by atoms with Crippen molar-refractivity contribution < 1.29 is 19.8 Å². The minimum absolute atomic E-state index is 0.0350. The Morgan fingerprint density at radius 2 is 2.22 bits per heavy atom. The highest BCUT2D eigenvalue weighted by Gasteiger charge is 2.28. The van der Waals surface area contributed by atoms with Gasteiger partial charge < -0.3 is 20.4 Å². The molecule has 0 bridgehead atoms. The number of rotatable bonds is 6. The number of aliphatic carboxylic acids is 1. The lowest BCUT2D eigenvalue weighted by Crippen LogP contribution is -2.47. The van der Waals surface area contributed by atoms with Gasteiger partial charge in [-0.3, -0.25) is 0 Å². The highest BCUT2D eigenvalue weighted by Crippen LogP contribution is 2.20. The van der Waals surface area contributed by atoms with E-state index in [4.69, 9.17) is 10.2 Å². The molecule has 0 aromatic rings. The van der Waals surface area contributed by atoms with E-state index >= 15 is 0 Å². The van der Waals surface area contributed by atoms with E-state index in [1.165, 1.54) is 0 Å². The van der Waals surface area contributed by atoms with Gasteiger partial charge in [0, 0.05) is 26.1 Å². The van der Waals surface area contributed by atoms with Crippen molar-refractivity contribution in [2.75, 3.05) is 19.7 Å². The molecule has 1 fully saturated rings. The number of likely N-dealkylation sites (tertiary alicyclic amines) is 1. The van der Waals surface area contributed by atoms with Gasteiger partial charge in [-0.25, -0.2) is 9.59 Å². The second kappa shape index (κ2) is 7.20. The fourth-order valence-electron chi connectivity index (χ4n) is 2.29. The summed E-state index contributed by atoms with van der Waals surface area (Å²) in [5.41, 5.74) is 0. The zero-order valence-electron chi connectivity index (χ0n) is 10.8. The number of nitrogens with zero attached hydrogens (tertiary/aromatic N) is 1. The van der Waals surface area contributed by atoms with Gasteiger partial charge in [0.15, 0.2) is 0 Å². The van der Waals surface area contributed by atoms with E-state index < -0.39 is 12.0 Å². The van der Waals surface area contributed by atoms with Crippen molar-refractivity contribution >= 4 is 12.0 Å². The quantitative estimate of drug-likeness (QED) is 0.652. The maximum atomic E-state index is 11.9. The Labute approximate surface area is 107 Å². The maximum Gasteiger partial charge on any atom is 0.326 e. The van der Waals surface area contributed by atoms with Crippen LogP contribution >= 0.6 is 0 Å².